The number of amides is 1. The lowest BCUT2D eigenvalue weighted by Gasteiger charge is -2.44. The first kappa shape index (κ1) is 28.4. The summed E-state index contributed by atoms with van der Waals surface area (Å²) in [6, 6.07) is 29.4. The molecule has 0 aliphatic heterocycles. The van der Waals surface area contributed by atoms with Crippen LogP contribution in [0.3, 0.4) is 0 Å². The first-order valence-electron chi connectivity index (χ1n) is 14.0. The Morgan fingerprint density at radius 1 is 0.872 bits per heavy atom. The number of carbonyl (C=O) groups is 2. The Hall–Kier alpha value is -3.66. The van der Waals surface area contributed by atoms with E-state index in [9.17, 15) is 9.59 Å². The zero-order valence-electron chi connectivity index (χ0n) is 23.6. The molecule has 204 valence electrons. The predicted octanol–water partition coefficient (Wildman–Crippen LogP) is 7.60. The second-order valence-corrected chi connectivity index (χ2v) is 11.7. The van der Waals surface area contributed by atoms with Gasteiger partial charge in [0.15, 0.2) is 0 Å². The molecule has 0 saturated heterocycles. The lowest BCUT2D eigenvalue weighted by atomic mass is 9.64. The van der Waals surface area contributed by atoms with E-state index in [2.05, 4.69) is 50.4 Å². The maximum Gasteiger partial charge on any atom is 0.332 e. The van der Waals surface area contributed by atoms with Crippen molar-refractivity contribution >= 4 is 18.0 Å². The highest BCUT2D eigenvalue weighted by Crippen LogP contribution is 2.44. The van der Waals surface area contributed by atoms with Crippen LogP contribution in [0.15, 0.2) is 97.1 Å². The highest BCUT2D eigenvalue weighted by atomic mass is 16.5. The molecule has 0 aromatic heterocycles. The van der Waals surface area contributed by atoms with E-state index in [4.69, 9.17) is 4.74 Å². The summed E-state index contributed by atoms with van der Waals surface area (Å²) in [5.74, 6) is -0.0402. The van der Waals surface area contributed by atoms with Gasteiger partial charge in [-0.2, -0.15) is 0 Å². The summed E-state index contributed by atoms with van der Waals surface area (Å²) in [6.45, 7) is 8.51. The van der Waals surface area contributed by atoms with E-state index in [1.54, 1.807) is 19.1 Å². The molecule has 1 amide bonds. The summed E-state index contributed by atoms with van der Waals surface area (Å²) in [5.41, 5.74) is 1.41. The fourth-order valence-corrected chi connectivity index (χ4v) is 5.73. The molecule has 1 aliphatic rings. The first-order valence-corrected chi connectivity index (χ1v) is 14.0. The van der Waals surface area contributed by atoms with E-state index in [0.717, 1.165) is 24.8 Å². The largest absolute Gasteiger partial charge is 0.460 e. The molecule has 0 unspecified atom stereocenters. The average molecular weight is 524 g/mol. The Labute approximate surface area is 233 Å². The molecule has 0 spiro atoms. The molecule has 4 nitrogen and oxygen atoms in total. The van der Waals surface area contributed by atoms with E-state index in [1.807, 2.05) is 66.7 Å². The van der Waals surface area contributed by atoms with Crippen molar-refractivity contribution in [3.63, 3.8) is 0 Å². The van der Waals surface area contributed by atoms with E-state index >= 15 is 0 Å². The quantitative estimate of drug-likeness (QED) is 0.294. The fourth-order valence-electron chi connectivity index (χ4n) is 5.73. The molecule has 39 heavy (non-hydrogen) atoms. The smallest absolute Gasteiger partial charge is 0.332 e. The van der Waals surface area contributed by atoms with Crippen LogP contribution in [0.2, 0.25) is 0 Å². The van der Waals surface area contributed by atoms with Gasteiger partial charge in [-0.1, -0.05) is 118 Å². The molecule has 3 aromatic rings. The van der Waals surface area contributed by atoms with E-state index in [0.29, 0.717) is 17.9 Å². The third-order valence-corrected chi connectivity index (χ3v) is 8.27. The van der Waals surface area contributed by atoms with Crippen LogP contribution in [0.5, 0.6) is 0 Å². The fraction of sp³-hybridized carbons (Fsp3) is 0.371. The number of hydrogen-bond acceptors (Lipinski definition) is 3. The molecule has 0 bridgehead atoms. The van der Waals surface area contributed by atoms with Crippen molar-refractivity contribution in [3.8, 4) is 0 Å². The summed E-state index contributed by atoms with van der Waals surface area (Å²) >= 11 is 0. The van der Waals surface area contributed by atoms with Crippen molar-refractivity contribution in [3.05, 3.63) is 114 Å². The Morgan fingerprint density at radius 3 is 2.10 bits per heavy atom. The second-order valence-electron chi connectivity index (χ2n) is 11.7. The number of benzene rings is 3. The number of ether oxygens (including phenoxy) is 1. The Morgan fingerprint density at radius 2 is 1.46 bits per heavy atom. The molecule has 1 saturated carbocycles. The monoisotopic (exact) mass is 523 g/mol. The SMILES string of the molecule is C[C@@H]1CC[C@@H](C(C)(C)c2ccccc2)[C@H](OC(=O)[C@](C)(C/C=C/c2ccccc2)NC(=O)c2ccccc2)C1. The van der Waals surface area contributed by atoms with Crippen LogP contribution in [-0.2, 0) is 14.9 Å². The van der Waals surface area contributed by atoms with Gasteiger partial charge in [-0.25, -0.2) is 4.79 Å². The van der Waals surface area contributed by atoms with E-state index in [-0.39, 0.29) is 23.3 Å². The molecule has 0 heterocycles. The molecule has 1 N–H and O–H groups in total. The minimum absolute atomic E-state index is 0.163. The van der Waals surface area contributed by atoms with Gasteiger partial charge in [0.1, 0.15) is 11.6 Å². The van der Waals surface area contributed by atoms with Crippen LogP contribution in [-0.4, -0.2) is 23.5 Å². The topological polar surface area (TPSA) is 55.4 Å². The highest BCUT2D eigenvalue weighted by molar-refractivity contribution is 5.98. The lowest BCUT2D eigenvalue weighted by Crippen LogP contribution is -2.55. The van der Waals surface area contributed by atoms with Crippen LogP contribution >= 0.6 is 0 Å². The summed E-state index contributed by atoms with van der Waals surface area (Å²) in [6.07, 6.45) is 6.91. The van der Waals surface area contributed by atoms with E-state index in [1.165, 1.54) is 5.56 Å². The molecule has 4 heteroatoms. The zero-order chi connectivity index (χ0) is 27.9. The van der Waals surface area contributed by atoms with Crippen LogP contribution in [0.1, 0.15) is 74.9 Å². The standard InChI is InChI=1S/C35H41NO3/c1-26-22-23-30(34(2,3)29-20-12-7-13-21-29)31(25-26)39-33(38)35(4,24-14-17-27-15-8-5-9-16-27)36-32(37)28-18-10-6-11-19-28/h5-21,26,30-31H,22-25H2,1-4H3,(H,36,37)/b17-14+/t26-,30-,31-,35+/m1/s1. The van der Waals surface area contributed by atoms with Gasteiger partial charge in [-0.3, -0.25) is 4.79 Å². The van der Waals surface area contributed by atoms with Crippen LogP contribution < -0.4 is 5.32 Å². The van der Waals surface area contributed by atoms with Crippen molar-refractivity contribution in [2.45, 2.75) is 70.4 Å². The Kier molecular flexibility index (Phi) is 9.06. The van der Waals surface area contributed by atoms with Crippen LogP contribution in [0, 0.1) is 11.8 Å². The molecule has 1 fully saturated rings. The summed E-state index contributed by atoms with van der Waals surface area (Å²) in [5, 5.41) is 3.02. The van der Waals surface area contributed by atoms with Crippen LogP contribution in [0.4, 0.5) is 0 Å². The van der Waals surface area contributed by atoms with Gasteiger partial charge in [-0.15, -0.1) is 0 Å². The minimum Gasteiger partial charge on any atom is -0.460 e. The average Bonchev–Trinajstić information content (AvgIpc) is 2.94. The van der Waals surface area contributed by atoms with Crippen molar-refractivity contribution in [2.24, 2.45) is 11.8 Å². The molecule has 0 radical (unpaired) electrons. The predicted molar refractivity (Wildman–Crippen MR) is 158 cm³/mol. The first-order chi connectivity index (χ1) is 18.7. The highest BCUT2D eigenvalue weighted by Gasteiger charge is 2.45. The third kappa shape index (κ3) is 7.06. The number of hydrogen-bond donors (Lipinski definition) is 1. The number of nitrogens with one attached hydrogen (secondary N) is 1. The van der Waals surface area contributed by atoms with Gasteiger partial charge in [-0.05, 0) is 60.8 Å². The lowest BCUT2D eigenvalue weighted by molar-refractivity contribution is -0.163. The second kappa shape index (κ2) is 12.5. The summed E-state index contributed by atoms with van der Waals surface area (Å²) in [4.78, 5) is 27.2. The molecular weight excluding hydrogens is 482 g/mol. The van der Waals surface area contributed by atoms with E-state index < -0.39 is 11.5 Å². The Bertz CT molecular complexity index is 1250. The van der Waals surface area contributed by atoms with Gasteiger partial charge in [0.05, 0.1) is 0 Å². The van der Waals surface area contributed by atoms with Crippen molar-refractivity contribution in [1.82, 2.24) is 5.32 Å². The maximum atomic E-state index is 14.0. The van der Waals surface area contributed by atoms with Gasteiger partial charge in [0.2, 0.25) is 0 Å². The summed E-state index contributed by atoms with van der Waals surface area (Å²) < 4.78 is 6.40. The molecule has 4 atom stereocenters. The third-order valence-electron chi connectivity index (χ3n) is 8.27. The van der Waals surface area contributed by atoms with Gasteiger partial charge in [0.25, 0.3) is 5.91 Å². The maximum absolute atomic E-state index is 14.0. The molecule has 4 rings (SSSR count). The zero-order valence-corrected chi connectivity index (χ0v) is 23.6. The van der Waals surface area contributed by atoms with Gasteiger partial charge in [0, 0.05) is 11.5 Å². The minimum atomic E-state index is -1.22. The van der Waals surface area contributed by atoms with Crippen molar-refractivity contribution < 1.29 is 14.3 Å². The molecule has 3 aromatic carbocycles. The molecule has 1 aliphatic carbocycles. The molecular formula is C35H41NO3. The van der Waals surface area contributed by atoms with Crippen molar-refractivity contribution in [1.29, 1.82) is 0 Å². The number of rotatable bonds is 9. The van der Waals surface area contributed by atoms with Gasteiger partial charge < -0.3 is 10.1 Å². The summed E-state index contributed by atoms with van der Waals surface area (Å²) in [7, 11) is 0. The van der Waals surface area contributed by atoms with Crippen LogP contribution in [0.25, 0.3) is 6.08 Å². The normalized spacial score (nSPS) is 21.2. The van der Waals surface area contributed by atoms with Crippen molar-refractivity contribution in [2.75, 3.05) is 0 Å². The number of esters is 1. The Balaban J connectivity index is 1.59. The van der Waals surface area contributed by atoms with Gasteiger partial charge >= 0.3 is 5.97 Å². The number of carbonyl (C=O) groups excluding carboxylic acids is 2.